The topological polar surface area (TPSA) is 59.5 Å². The summed E-state index contributed by atoms with van der Waals surface area (Å²) in [5, 5.41) is 1.77. The van der Waals surface area contributed by atoms with Gasteiger partial charge in [0.2, 0.25) is 0 Å². The zero-order chi connectivity index (χ0) is 14.0. The number of carbonyl (C=O) groups is 1. The van der Waals surface area contributed by atoms with Crippen LogP contribution < -0.4 is 0 Å². The molecule has 2 atom stereocenters. The standard InChI is InChI=1S/C12H18N2O3S2/c1-12(2,3)17-11(15)14-6-4-9(8-14)19(16)10-13-5-7-18-10/h5,7,9H,4,6,8H2,1-3H3/t9-,19?/m1/s1. The van der Waals surface area contributed by atoms with Gasteiger partial charge < -0.3 is 9.64 Å². The van der Waals surface area contributed by atoms with Gasteiger partial charge >= 0.3 is 6.09 Å². The number of amides is 1. The van der Waals surface area contributed by atoms with Gasteiger partial charge in [0.25, 0.3) is 0 Å². The maximum absolute atomic E-state index is 12.2. The van der Waals surface area contributed by atoms with Gasteiger partial charge in [0, 0.05) is 24.7 Å². The molecule has 1 aliphatic heterocycles. The molecule has 0 radical (unpaired) electrons. The Balaban J connectivity index is 1.93. The number of carbonyl (C=O) groups excluding carboxylic acids is 1. The second-order valence-corrected chi connectivity index (χ2v) is 8.23. The van der Waals surface area contributed by atoms with E-state index < -0.39 is 16.4 Å². The van der Waals surface area contributed by atoms with Gasteiger partial charge in [-0.15, -0.1) is 11.3 Å². The van der Waals surface area contributed by atoms with Gasteiger partial charge in [-0.2, -0.15) is 0 Å². The number of likely N-dealkylation sites (tertiary alicyclic amines) is 1. The van der Waals surface area contributed by atoms with Crippen molar-refractivity contribution in [1.29, 1.82) is 0 Å². The summed E-state index contributed by atoms with van der Waals surface area (Å²) in [6.45, 7) is 6.59. The molecule has 106 valence electrons. The van der Waals surface area contributed by atoms with E-state index in [-0.39, 0.29) is 11.3 Å². The highest BCUT2D eigenvalue weighted by atomic mass is 32.2. The van der Waals surface area contributed by atoms with E-state index in [1.165, 1.54) is 11.3 Å². The zero-order valence-electron chi connectivity index (χ0n) is 11.3. The largest absolute Gasteiger partial charge is 0.444 e. The van der Waals surface area contributed by atoms with E-state index in [9.17, 15) is 9.00 Å². The summed E-state index contributed by atoms with van der Waals surface area (Å²) in [6, 6.07) is 0. The monoisotopic (exact) mass is 302 g/mol. The second-order valence-electron chi connectivity index (χ2n) is 5.43. The molecule has 0 spiro atoms. The maximum Gasteiger partial charge on any atom is 0.410 e. The first-order chi connectivity index (χ1) is 8.87. The summed E-state index contributed by atoms with van der Waals surface area (Å²) < 4.78 is 18.2. The van der Waals surface area contributed by atoms with E-state index in [0.29, 0.717) is 17.4 Å². The third kappa shape index (κ3) is 3.76. The molecule has 0 N–H and O–H groups in total. The fourth-order valence-electron chi connectivity index (χ4n) is 1.85. The lowest BCUT2D eigenvalue weighted by atomic mass is 10.2. The Morgan fingerprint density at radius 1 is 1.58 bits per heavy atom. The first kappa shape index (κ1) is 14.5. The van der Waals surface area contributed by atoms with E-state index >= 15 is 0 Å². The molecule has 1 aliphatic rings. The first-order valence-electron chi connectivity index (χ1n) is 6.15. The molecule has 1 saturated heterocycles. The number of aromatic nitrogens is 1. The lowest BCUT2D eigenvalue weighted by Gasteiger charge is -2.24. The van der Waals surface area contributed by atoms with E-state index in [1.807, 2.05) is 26.2 Å². The Morgan fingerprint density at radius 2 is 2.32 bits per heavy atom. The fraction of sp³-hybridized carbons (Fsp3) is 0.667. The number of ether oxygens (including phenoxy) is 1. The minimum atomic E-state index is -1.13. The molecule has 1 amide bonds. The molecule has 5 nitrogen and oxygen atoms in total. The van der Waals surface area contributed by atoms with Crippen molar-refractivity contribution in [3.05, 3.63) is 11.6 Å². The summed E-state index contributed by atoms with van der Waals surface area (Å²) in [6.07, 6.45) is 2.05. The van der Waals surface area contributed by atoms with Crippen LogP contribution in [0.25, 0.3) is 0 Å². The van der Waals surface area contributed by atoms with Crippen LogP contribution in [0.15, 0.2) is 15.9 Å². The molecular formula is C12H18N2O3S2. The van der Waals surface area contributed by atoms with Crippen molar-refractivity contribution in [2.75, 3.05) is 13.1 Å². The molecule has 2 rings (SSSR count). The predicted molar refractivity (Wildman–Crippen MR) is 74.7 cm³/mol. The SMILES string of the molecule is CC(C)(C)OC(=O)N1CC[C@@H](S(=O)c2nccs2)C1. The molecule has 7 heteroatoms. The average Bonchev–Trinajstić information content (AvgIpc) is 2.98. The summed E-state index contributed by atoms with van der Waals surface area (Å²) in [7, 11) is -1.13. The number of hydrogen-bond donors (Lipinski definition) is 0. The van der Waals surface area contributed by atoms with E-state index in [4.69, 9.17) is 4.74 Å². The molecule has 1 aromatic rings. The van der Waals surface area contributed by atoms with Crippen molar-refractivity contribution in [2.45, 2.75) is 42.4 Å². The van der Waals surface area contributed by atoms with E-state index in [0.717, 1.165) is 6.42 Å². The van der Waals surface area contributed by atoms with Crippen LogP contribution in [-0.4, -0.2) is 44.1 Å². The normalized spacial score (nSPS) is 21.4. The highest BCUT2D eigenvalue weighted by molar-refractivity contribution is 7.87. The number of hydrogen-bond acceptors (Lipinski definition) is 5. The van der Waals surface area contributed by atoms with Gasteiger partial charge in [-0.3, -0.25) is 4.21 Å². The van der Waals surface area contributed by atoms with Crippen molar-refractivity contribution >= 4 is 28.2 Å². The number of nitrogens with zero attached hydrogens (tertiary/aromatic N) is 2. The molecule has 0 aliphatic carbocycles. The van der Waals surface area contributed by atoms with Crippen LogP contribution in [0.4, 0.5) is 4.79 Å². The van der Waals surface area contributed by atoms with Gasteiger partial charge in [0.05, 0.1) is 16.0 Å². The Labute approximate surface area is 119 Å². The van der Waals surface area contributed by atoms with Crippen LogP contribution in [0, 0.1) is 0 Å². The zero-order valence-corrected chi connectivity index (χ0v) is 12.9. The van der Waals surface area contributed by atoms with Gasteiger partial charge in [0.15, 0.2) is 4.34 Å². The molecule has 0 aromatic carbocycles. The van der Waals surface area contributed by atoms with Crippen LogP contribution in [0.1, 0.15) is 27.2 Å². The van der Waals surface area contributed by atoms with E-state index in [1.54, 1.807) is 11.1 Å². The van der Waals surface area contributed by atoms with Crippen molar-refractivity contribution in [2.24, 2.45) is 0 Å². The van der Waals surface area contributed by atoms with E-state index in [2.05, 4.69) is 4.98 Å². The number of rotatable bonds is 2. The molecule has 1 unspecified atom stereocenters. The molecule has 0 bridgehead atoms. The quantitative estimate of drug-likeness (QED) is 0.841. The van der Waals surface area contributed by atoms with Crippen molar-refractivity contribution in [3.63, 3.8) is 0 Å². The van der Waals surface area contributed by atoms with Crippen molar-refractivity contribution in [1.82, 2.24) is 9.88 Å². The summed E-state index contributed by atoms with van der Waals surface area (Å²) >= 11 is 1.39. The Morgan fingerprint density at radius 3 is 2.89 bits per heavy atom. The minimum absolute atomic E-state index is 0.0429. The lowest BCUT2D eigenvalue weighted by Crippen LogP contribution is -2.36. The second kappa shape index (κ2) is 5.58. The first-order valence-corrected chi connectivity index (χ1v) is 8.24. The Hall–Kier alpha value is -0.950. The van der Waals surface area contributed by atoms with Gasteiger partial charge in [0.1, 0.15) is 5.60 Å². The van der Waals surface area contributed by atoms with Crippen LogP contribution in [0.2, 0.25) is 0 Å². The van der Waals surface area contributed by atoms with Crippen LogP contribution in [-0.2, 0) is 15.5 Å². The third-order valence-corrected chi connectivity index (χ3v) is 5.47. The Bertz CT molecular complexity index is 468. The molecule has 0 saturated carbocycles. The minimum Gasteiger partial charge on any atom is -0.444 e. The van der Waals surface area contributed by atoms with Gasteiger partial charge in [-0.05, 0) is 27.2 Å². The summed E-state index contributed by atoms with van der Waals surface area (Å²) in [5.41, 5.74) is -0.496. The van der Waals surface area contributed by atoms with Gasteiger partial charge in [-0.25, -0.2) is 9.78 Å². The summed E-state index contributed by atoms with van der Waals surface area (Å²) in [4.78, 5) is 17.6. The average molecular weight is 302 g/mol. The maximum atomic E-state index is 12.2. The molecule has 1 aromatic heterocycles. The molecular weight excluding hydrogens is 284 g/mol. The summed E-state index contributed by atoms with van der Waals surface area (Å²) in [5.74, 6) is 0. The van der Waals surface area contributed by atoms with Crippen molar-refractivity contribution in [3.8, 4) is 0 Å². The van der Waals surface area contributed by atoms with Crippen molar-refractivity contribution < 1.29 is 13.7 Å². The van der Waals surface area contributed by atoms with Gasteiger partial charge in [-0.1, -0.05) is 0 Å². The highest BCUT2D eigenvalue weighted by Gasteiger charge is 2.33. The van der Waals surface area contributed by atoms with Crippen LogP contribution >= 0.6 is 11.3 Å². The number of thiazole rings is 1. The molecule has 19 heavy (non-hydrogen) atoms. The molecule has 1 fully saturated rings. The fourth-order valence-corrected chi connectivity index (χ4v) is 4.25. The lowest BCUT2D eigenvalue weighted by molar-refractivity contribution is 0.0295. The van der Waals surface area contributed by atoms with Crippen LogP contribution in [0.3, 0.4) is 0 Å². The smallest absolute Gasteiger partial charge is 0.410 e. The predicted octanol–water partition coefficient (Wildman–Crippen LogP) is 2.26. The third-order valence-electron chi connectivity index (χ3n) is 2.68. The van der Waals surface area contributed by atoms with Crippen LogP contribution in [0.5, 0.6) is 0 Å². The Kier molecular flexibility index (Phi) is 4.25. The highest BCUT2D eigenvalue weighted by Crippen LogP contribution is 2.23. The molecule has 2 heterocycles.